The maximum absolute atomic E-state index is 14.0. The summed E-state index contributed by atoms with van der Waals surface area (Å²) < 4.78 is 19.0. The molecule has 108 valence electrons. The highest BCUT2D eigenvalue weighted by atomic mass is 19.1. The van der Waals surface area contributed by atoms with Gasteiger partial charge in [-0.1, -0.05) is 12.1 Å². The van der Waals surface area contributed by atoms with Crippen molar-refractivity contribution in [2.75, 3.05) is 33.3 Å². The fraction of sp³-hybridized carbons (Fsp3) is 0.533. The van der Waals surface area contributed by atoms with Crippen LogP contribution in [0.2, 0.25) is 0 Å². The molecule has 20 heavy (non-hydrogen) atoms. The molecule has 1 aromatic rings. The van der Waals surface area contributed by atoms with E-state index in [2.05, 4.69) is 10.2 Å². The molecule has 3 rings (SSSR count). The first-order chi connectivity index (χ1) is 9.70. The number of hydrogen-bond donors (Lipinski definition) is 1. The van der Waals surface area contributed by atoms with Crippen molar-refractivity contribution in [2.24, 2.45) is 0 Å². The molecule has 0 amide bonds. The SMILES string of the molecule is COC(=O)C1(N2CCNCC2)CCc2c(F)cccc21. The van der Waals surface area contributed by atoms with Crippen molar-refractivity contribution >= 4 is 5.97 Å². The fourth-order valence-corrected chi connectivity index (χ4v) is 3.53. The number of ether oxygens (including phenoxy) is 1. The number of piperazine rings is 1. The summed E-state index contributed by atoms with van der Waals surface area (Å²) in [6, 6.07) is 5.01. The maximum atomic E-state index is 14.0. The zero-order valence-corrected chi connectivity index (χ0v) is 11.6. The number of hydrogen-bond acceptors (Lipinski definition) is 4. The van der Waals surface area contributed by atoms with Gasteiger partial charge >= 0.3 is 5.97 Å². The number of carbonyl (C=O) groups is 1. The van der Waals surface area contributed by atoms with Crippen LogP contribution in [-0.2, 0) is 21.5 Å². The van der Waals surface area contributed by atoms with Crippen molar-refractivity contribution < 1.29 is 13.9 Å². The van der Waals surface area contributed by atoms with Gasteiger partial charge in [-0.25, -0.2) is 9.18 Å². The van der Waals surface area contributed by atoms with E-state index in [9.17, 15) is 9.18 Å². The van der Waals surface area contributed by atoms with Gasteiger partial charge in [-0.15, -0.1) is 0 Å². The molecule has 4 nitrogen and oxygen atoms in total. The number of halogens is 1. The highest BCUT2D eigenvalue weighted by Gasteiger charge is 2.51. The van der Waals surface area contributed by atoms with Gasteiger partial charge in [0, 0.05) is 26.2 Å². The Balaban J connectivity index is 2.10. The molecule has 1 saturated heterocycles. The molecule has 1 heterocycles. The number of fused-ring (bicyclic) bond motifs is 1. The van der Waals surface area contributed by atoms with E-state index in [1.807, 2.05) is 6.07 Å². The highest BCUT2D eigenvalue weighted by Crippen LogP contribution is 2.43. The Hall–Kier alpha value is -1.46. The van der Waals surface area contributed by atoms with E-state index in [1.54, 1.807) is 6.07 Å². The lowest BCUT2D eigenvalue weighted by molar-refractivity contribution is -0.157. The number of rotatable bonds is 2. The van der Waals surface area contributed by atoms with Crippen LogP contribution in [0, 0.1) is 5.82 Å². The Morgan fingerprint density at radius 3 is 2.85 bits per heavy atom. The van der Waals surface area contributed by atoms with Crippen LogP contribution in [0.5, 0.6) is 0 Å². The summed E-state index contributed by atoms with van der Waals surface area (Å²) in [6.45, 7) is 3.21. The van der Waals surface area contributed by atoms with Crippen molar-refractivity contribution in [1.82, 2.24) is 10.2 Å². The van der Waals surface area contributed by atoms with Gasteiger partial charge < -0.3 is 10.1 Å². The van der Waals surface area contributed by atoms with E-state index < -0.39 is 5.54 Å². The third-order valence-corrected chi connectivity index (χ3v) is 4.48. The van der Waals surface area contributed by atoms with Crippen molar-refractivity contribution in [3.8, 4) is 0 Å². The van der Waals surface area contributed by atoms with E-state index in [1.165, 1.54) is 13.2 Å². The van der Waals surface area contributed by atoms with Crippen LogP contribution in [0.25, 0.3) is 0 Å². The minimum absolute atomic E-state index is 0.219. The standard InChI is InChI=1S/C15H19FN2O2/c1-20-14(19)15(18-9-7-17-8-10-18)6-5-11-12(15)3-2-4-13(11)16/h2-4,17H,5-10H2,1H3. The maximum Gasteiger partial charge on any atom is 0.330 e. The molecule has 2 aliphatic rings. The number of nitrogens with zero attached hydrogens (tertiary/aromatic N) is 1. The molecule has 0 spiro atoms. The topological polar surface area (TPSA) is 41.6 Å². The smallest absolute Gasteiger partial charge is 0.330 e. The highest BCUT2D eigenvalue weighted by molar-refractivity contribution is 5.84. The third kappa shape index (κ3) is 1.84. The summed E-state index contributed by atoms with van der Waals surface area (Å²) in [5, 5.41) is 3.28. The molecule has 1 aliphatic carbocycles. The average molecular weight is 278 g/mol. The molecule has 0 bridgehead atoms. The summed E-state index contributed by atoms with van der Waals surface area (Å²) in [7, 11) is 1.41. The molecule has 1 atom stereocenters. The van der Waals surface area contributed by atoms with E-state index in [-0.39, 0.29) is 11.8 Å². The van der Waals surface area contributed by atoms with Crippen molar-refractivity contribution in [2.45, 2.75) is 18.4 Å². The van der Waals surface area contributed by atoms with Crippen LogP contribution in [0.3, 0.4) is 0 Å². The van der Waals surface area contributed by atoms with Gasteiger partial charge in [0.1, 0.15) is 11.4 Å². The first-order valence-electron chi connectivity index (χ1n) is 7.02. The third-order valence-electron chi connectivity index (χ3n) is 4.48. The van der Waals surface area contributed by atoms with E-state index in [0.717, 1.165) is 31.7 Å². The first-order valence-corrected chi connectivity index (χ1v) is 7.02. The summed E-state index contributed by atoms with van der Waals surface area (Å²) >= 11 is 0. The second-order valence-corrected chi connectivity index (χ2v) is 5.35. The van der Waals surface area contributed by atoms with Gasteiger partial charge in [0.05, 0.1) is 7.11 Å². The van der Waals surface area contributed by atoms with Gasteiger partial charge in [-0.3, -0.25) is 4.90 Å². The lowest BCUT2D eigenvalue weighted by Crippen LogP contribution is -2.57. The van der Waals surface area contributed by atoms with Crippen LogP contribution in [0.4, 0.5) is 4.39 Å². The monoisotopic (exact) mass is 278 g/mol. The van der Waals surface area contributed by atoms with Gasteiger partial charge in [-0.2, -0.15) is 0 Å². The van der Waals surface area contributed by atoms with Gasteiger partial charge in [0.2, 0.25) is 0 Å². The quantitative estimate of drug-likeness (QED) is 0.821. The predicted molar refractivity (Wildman–Crippen MR) is 72.9 cm³/mol. The van der Waals surface area contributed by atoms with E-state index in [4.69, 9.17) is 4.74 Å². The number of carbonyl (C=O) groups excluding carboxylic acids is 1. The Morgan fingerprint density at radius 1 is 1.40 bits per heavy atom. The average Bonchev–Trinajstić information content (AvgIpc) is 2.89. The molecule has 0 aromatic heterocycles. The molecule has 1 aromatic carbocycles. The molecular formula is C15H19FN2O2. The van der Waals surface area contributed by atoms with E-state index >= 15 is 0 Å². The summed E-state index contributed by atoms with van der Waals surface area (Å²) in [5.74, 6) is -0.493. The molecule has 5 heteroatoms. The van der Waals surface area contributed by atoms with Gasteiger partial charge in [-0.05, 0) is 30.0 Å². The lowest BCUT2D eigenvalue weighted by Gasteiger charge is -2.41. The zero-order chi connectivity index (χ0) is 14.2. The Morgan fingerprint density at radius 2 is 2.15 bits per heavy atom. The molecular weight excluding hydrogens is 259 g/mol. The number of esters is 1. The van der Waals surface area contributed by atoms with Crippen molar-refractivity contribution in [3.05, 3.63) is 35.1 Å². The molecule has 0 saturated carbocycles. The minimum atomic E-state index is -0.811. The molecule has 0 radical (unpaired) electrons. The van der Waals surface area contributed by atoms with Gasteiger partial charge in [0.15, 0.2) is 0 Å². The Labute approximate surface area is 117 Å². The van der Waals surface area contributed by atoms with Crippen LogP contribution < -0.4 is 5.32 Å². The number of methoxy groups -OCH3 is 1. The summed E-state index contributed by atoms with van der Waals surface area (Å²) in [4.78, 5) is 14.6. The Kier molecular flexibility index (Phi) is 3.48. The summed E-state index contributed by atoms with van der Waals surface area (Å²) in [6.07, 6.45) is 1.18. The largest absolute Gasteiger partial charge is 0.467 e. The van der Waals surface area contributed by atoms with Gasteiger partial charge in [0.25, 0.3) is 0 Å². The van der Waals surface area contributed by atoms with Crippen LogP contribution in [-0.4, -0.2) is 44.2 Å². The minimum Gasteiger partial charge on any atom is -0.467 e. The second kappa shape index (κ2) is 5.14. The molecule has 1 aliphatic heterocycles. The van der Waals surface area contributed by atoms with Crippen molar-refractivity contribution in [3.63, 3.8) is 0 Å². The van der Waals surface area contributed by atoms with Crippen LogP contribution in [0.1, 0.15) is 17.5 Å². The number of nitrogens with one attached hydrogen (secondary N) is 1. The van der Waals surface area contributed by atoms with Crippen molar-refractivity contribution in [1.29, 1.82) is 0 Å². The van der Waals surface area contributed by atoms with Crippen LogP contribution in [0.15, 0.2) is 18.2 Å². The zero-order valence-electron chi connectivity index (χ0n) is 11.6. The molecule has 1 unspecified atom stereocenters. The lowest BCUT2D eigenvalue weighted by atomic mass is 9.89. The second-order valence-electron chi connectivity index (χ2n) is 5.35. The number of benzene rings is 1. The van der Waals surface area contributed by atoms with Crippen LogP contribution >= 0.6 is 0 Å². The fourth-order valence-electron chi connectivity index (χ4n) is 3.53. The summed E-state index contributed by atoms with van der Waals surface area (Å²) in [5.41, 5.74) is 0.636. The predicted octanol–water partition coefficient (Wildman–Crippen LogP) is 1.05. The molecule has 1 fully saturated rings. The first kappa shape index (κ1) is 13.5. The molecule has 1 N–H and O–H groups in total. The Bertz CT molecular complexity index is 529. The van der Waals surface area contributed by atoms with E-state index in [0.29, 0.717) is 18.4 Å². The normalized spacial score (nSPS) is 26.3.